The second kappa shape index (κ2) is 7.99. The lowest BCUT2D eigenvalue weighted by atomic mass is 10.1. The van der Waals surface area contributed by atoms with E-state index in [0.29, 0.717) is 15.8 Å². The summed E-state index contributed by atoms with van der Waals surface area (Å²) >= 11 is 7.14. The molecule has 0 bridgehead atoms. The highest BCUT2D eigenvalue weighted by atomic mass is 35.5. The summed E-state index contributed by atoms with van der Waals surface area (Å²) in [6.45, 7) is 0. The third kappa shape index (κ3) is 4.97. The van der Waals surface area contributed by atoms with Gasteiger partial charge in [0.1, 0.15) is 11.5 Å². The molecule has 1 N–H and O–H groups in total. The number of aromatic nitrogens is 1. The van der Waals surface area contributed by atoms with Crippen molar-refractivity contribution >= 4 is 35.1 Å². The number of pyridine rings is 1. The van der Waals surface area contributed by atoms with Gasteiger partial charge in [0.25, 0.3) is 0 Å². The molecule has 120 valence electrons. The van der Waals surface area contributed by atoms with E-state index in [1.54, 1.807) is 18.2 Å². The van der Waals surface area contributed by atoms with Gasteiger partial charge in [-0.05, 0) is 30.3 Å². The molecule has 0 aliphatic carbocycles. The number of halogens is 1. The maximum atomic E-state index is 12.1. The van der Waals surface area contributed by atoms with Crippen LogP contribution in [0.15, 0.2) is 41.6 Å². The number of ether oxygens (including phenoxy) is 1. The van der Waals surface area contributed by atoms with Crippen molar-refractivity contribution in [2.24, 2.45) is 0 Å². The molecule has 0 spiro atoms. The molecule has 0 amide bonds. The van der Waals surface area contributed by atoms with Gasteiger partial charge < -0.3 is 9.84 Å². The van der Waals surface area contributed by atoms with Crippen LogP contribution in [0.5, 0.6) is 5.75 Å². The number of benzene rings is 1. The standard InChI is InChI=1S/C16H14ClNO4S/c1-22-14-3-2-12(17)6-11(14)7-13(19)9-23-15-8-10(16(20)21)4-5-18-15/h2-6,8H,7,9H2,1H3,(H,20,21). The smallest absolute Gasteiger partial charge is 0.335 e. The third-order valence-corrected chi connectivity index (χ3v) is 4.21. The number of carboxylic acid groups (broad SMARTS) is 1. The number of carboxylic acids is 1. The number of hydrogen-bond acceptors (Lipinski definition) is 5. The van der Waals surface area contributed by atoms with E-state index in [4.69, 9.17) is 21.4 Å². The van der Waals surface area contributed by atoms with Gasteiger partial charge in [-0.3, -0.25) is 4.79 Å². The van der Waals surface area contributed by atoms with Crippen molar-refractivity contribution in [3.63, 3.8) is 0 Å². The highest BCUT2D eigenvalue weighted by Crippen LogP contribution is 2.24. The number of ketones is 1. The summed E-state index contributed by atoms with van der Waals surface area (Å²) in [6, 6.07) is 7.97. The lowest BCUT2D eigenvalue weighted by Crippen LogP contribution is -2.07. The number of carbonyl (C=O) groups is 2. The first-order chi connectivity index (χ1) is 11.0. The van der Waals surface area contributed by atoms with E-state index in [2.05, 4.69) is 4.98 Å². The first-order valence-corrected chi connectivity index (χ1v) is 8.02. The van der Waals surface area contributed by atoms with Gasteiger partial charge in [0.2, 0.25) is 0 Å². The topological polar surface area (TPSA) is 76.5 Å². The third-order valence-electron chi connectivity index (χ3n) is 2.99. The molecule has 0 atom stereocenters. The second-order valence-electron chi connectivity index (χ2n) is 4.65. The van der Waals surface area contributed by atoms with Crippen LogP contribution < -0.4 is 4.74 Å². The molecular formula is C16H14ClNO4S. The number of rotatable bonds is 7. The van der Waals surface area contributed by atoms with E-state index in [0.717, 1.165) is 5.56 Å². The van der Waals surface area contributed by atoms with Crippen molar-refractivity contribution in [2.45, 2.75) is 11.4 Å². The lowest BCUT2D eigenvalue weighted by Gasteiger charge is -2.08. The molecule has 23 heavy (non-hydrogen) atoms. The number of thioether (sulfide) groups is 1. The van der Waals surface area contributed by atoms with E-state index in [-0.39, 0.29) is 23.5 Å². The zero-order valence-corrected chi connectivity index (χ0v) is 13.9. The maximum Gasteiger partial charge on any atom is 0.335 e. The Bertz CT molecular complexity index is 736. The molecule has 5 nitrogen and oxygen atoms in total. The Kier molecular flexibility index (Phi) is 6.01. The normalized spacial score (nSPS) is 10.3. The molecule has 0 unspecified atom stereocenters. The average molecular weight is 352 g/mol. The summed E-state index contributed by atoms with van der Waals surface area (Å²) in [5.41, 5.74) is 0.865. The molecule has 1 aromatic carbocycles. The summed E-state index contributed by atoms with van der Waals surface area (Å²) < 4.78 is 5.21. The Balaban J connectivity index is 1.99. The van der Waals surface area contributed by atoms with E-state index in [1.807, 2.05) is 0 Å². The van der Waals surface area contributed by atoms with Crippen molar-refractivity contribution in [1.82, 2.24) is 4.98 Å². The van der Waals surface area contributed by atoms with Gasteiger partial charge in [0.15, 0.2) is 0 Å². The highest BCUT2D eigenvalue weighted by molar-refractivity contribution is 7.99. The van der Waals surface area contributed by atoms with Crippen molar-refractivity contribution in [3.05, 3.63) is 52.7 Å². The predicted molar refractivity (Wildman–Crippen MR) is 88.6 cm³/mol. The Hall–Kier alpha value is -2.05. The van der Waals surface area contributed by atoms with Gasteiger partial charge in [0, 0.05) is 23.2 Å². The molecule has 2 rings (SSSR count). The first kappa shape index (κ1) is 17.3. The predicted octanol–water partition coefficient (Wildman–Crippen LogP) is 3.35. The molecule has 0 fully saturated rings. The zero-order valence-electron chi connectivity index (χ0n) is 12.3. The fraction of sp³-hybridized carbons (Fsp3) is 0.188. The maximum absolute atomic E-state index is 12.1. The van der Waals surface area contributed by atoms with Crippen LogP contribution in [0.2, 0.25) is 5.02 Å². The monoisotopic (exact) mass is 351 g/mol. The Morgan fingerprint density at radius 2 is 2.09 bits per heavy atom. The molecule has 0 radical (unpaired) electrons. The van der Waals surface area contributed by atoms with Crippen molar-refractivity contribution in [3.8, 4) is 5.75 Å². The van der Waals surface area contributed by atoms with Crippen molar-refractivity contribution < 1.29 is 19.4 Å². The molecule has 2 aromatic rings. The van der Waals surface area contributed by atoms with Gasteiger partial charge in [-0.1, -0.05) is 23.4 Å². The largest absolute Gasteiger partial charge is 0.496 e. The number of Topliss-reactive ketones (excluding diaryl/α,β-unsaturated/α-hetero) is 1. The fourth-order valence-corrected chi connectivity index (χ4v) is 2.88. The molecule has 0 saturated carbocycles. The minimum absolute atomic E-state index is 0.0295. The number of methoxy groups -OCH3 is 1. The Morgan fingerprint density at radius 1 is 1.30 bits per heavy atom. The lowest BCUT2D eigenvalue weighted by molar-refractivity contribution is -0.116. The van der Waals surface area contributed by atoms with E-state index in [1.165, 1.54) is 37.2 Å². The molecule has 7 heteroatoms. The molecular weight excluding hydrogens is 338 g/mol. The van der Waals surface area contributed by atoms with E-state index < -0.39 is 5.97 Å². The summed E-state index contributed by atoms with van der Waals surface area (Å²) in [4.78, 5) is 27.1. The van der Waals surface area contributed by atoms with E-state index >= 15 is 0 Å². The van der Waals surface area contributed by atoms with Crippen LogP contribution in [0.25, 0.3) is 0 Å². The van der Waals surface area contributed by atoms with Crippen molar-refractivity contribution in [2.75, 3.05) is 12.9 Å². The number of hydrogen-bond donors (Lipinski definition) is 1. The second-order valence-corrected chi connectivity index (χ2v) is 6.08. The number of nitrogens with zero attached hydrogens (tertiary/aromatic N) is 1. The van der Waals surface area contributed by atoms with Gasteiger partial charge in [-0.2, -0.15) is 0 Å². The first-order valence-electron chi connectivity index (χ1n) is 6.66. The highest BCUT2D eigenvalue weighted by Gasteiger charge is 2.11. The van der Waals surface area contributed by atoms with Gasteiger partial charge in [-0.15, -0.1) is 0 Å². The summed E-state index contributed by atoms with van der Waals surface area (Å²) in [5, 5.41) is 9.97. The summed E-state index contributed by atoms with van der Waals surface area (Å²) in [7, 11) is 1.54. The van der Waals surface area contributed by atoms with Crippen LogP contribution in [0.4, 0.5) is 0 Å². The molecule has 0 aliphatic rings. The fourth-order valence-electron chi connectivity index (χ4n) is 1.92. The molecule has 1 heterocycles. The SMILES string of the molecule is COc1ccc(Cl)cc1CC(=O)CSc1cc(C(=O)O)ccn1. The molecule has 0 aliphatic heterocycles. The quantitative estimate of drug-likeness (QED) is 0.771. The Labute approximate surface area is 142 Å². The van der Waals surface area contributed by atoms with E-state index in [9.17, 15) is 9.59 Å². The summed E-state index contributed by atoms with van der Waals surface area (Å²) in [6.07, 6.45) is 1.60. The number of carbonyl (C=O) groups excluding carboxylic acids is 1. The summed E-state index contributed by atoms with van der Waals surface area (Å²) in [5.74, 6) is -0.257. The van der Waals surface area contributed by atoms with Gasteiger partial charge >= 0.3 is 5.97 Å². The van der Waals surface area contributed by atoms with Crippen LogP contribution in [0, 0.1) is 0 Å². The van der Waals surface area contributed by atoms with Gasteiger partial charge in [0.05, 0.1) is 23.5 Å². The average Bonchev–Trinajstić information content (AvgIpc) is 2.53. The molecule has 0 saturated heterocycles. The van der Waals surface area contributed by atoms with Crippen LogP contribution in [0.3, 0.4) is 0 Å². The minimum Gasteiger partial charge on any atom is -0.496 e. The minimum atomic E-state index is -1.02. The number of aromatic carboxylic acids is 1. The zero-order chi connectivity index (χ0) is 16.8. The van der Waals surface area contributed by atoms with Crippen molar-refractivity contribution in [1.29, 1.82) is 0 Å². The van der Waals surface area contributed by atoms with Crippen LogP contribution in [-0.2, 0) is 11.2 Å². The van der Waals surface area contributed by atoms with Gasteiger partial charge in [-0.25, -0.2) is 9.78 Å². The molecule has 1 aromatic heterocycles. The Morgan fingerprint density at radius 3 is 2.78 bits per heavy atom. The van der Waals surface area contributed by atoms with Crippen LogP contribution in [-0.4, -0.2) is 34.7 Å². The van der Waals surface area contributed by atoms with Crippen LogP contribution in [0.1, 0.15) is 15.9 Å². The van der Waals surface area contributed by atoms with Crippen LogP contribution >= 0.6 is 23.4 Å².